The first-order chi connectivity index (χ1) is 14.6. The maximum absolute atomic E-state index is 14.5. The zero-order valence-electron chi connectivity index (χ0n) is 17.7. The molecule has 1 N–H and O–H groups in total. The van der Waals surface area contributed by atoms with Crippen LogP contribution in [0.3, 0.4) is 0 Å². The number of hydrogen-bond acceptors (Lipinski definition) is 4. The highest BCUT2D eigenvalue weighted by Crippen LogP contribution is 2.52. The van der Waals surface area contributed by atoms with Crippen molar-refractivity contribution in [3.8, 4) is 5.75 Å². The van der Waals surface area contributed by atoms with E-state index in [1.807, 2.05) is 25.1 Å². The summed E-state index contributed by atoms with van der Waals surface area (Å²) in [4.78, 5) is 4.50. The van der Waals surface area contributed by atoms with Crippen LogP contribution in [0.5, 0.6) is 5.75 Å². The van der Waals surface area contributed by atoms with Crippen molar-refractivity contribution in [2.75, 3.05) is 24.4 Å². The van der Waals surface area contributed by atoms with Crippen LogP contribution in [0, 0.1) is 12.3 Å². The number of ether oxygens (including phenoxy) is 1. The molecular formula is C23H24ClF3N2OS. The van der Waals surface area contributed by atoms with Gasteiger partial charge in [-0.1, -0.05) is 23.7 Å². The Labute approximate surface area is 189 Å². The van der Waals surface area contributed by atoms with Crippen LogP contribution >= 0.6 is 23.4 Å². The Kier molecular flexibility index (Phi) is 6.96. The molecular weight excluding hydrogens is 445 g/mol. The van der Waals surface area contributed by atoms with Gasteiger partial charge in [-0.15, -0.1) is 0 Å². The minimum atomic E-state index is -4.47. The van der Waals surface area contributed by atoms with Crippen molar-refractivity contribution in [2.45, 2.75) is 26.1 Å². The smallest absolute Gasteiger partial charge is 0.397 e. The molecule has 3 aromatic rings. The number of nitrogens with zero attached hydrogens (tertiary/aromatic N) is 1. The quantitative estimate of drug-likeness (QED) is 0.394. The Hall–Kier alpha value is -2.12. The Morgan fingerprint density at radius 3 is 2.55 bits per heavy atom. The maximum Gasteiger partial charge on any atom is 0.397 e. The van der Waals surface area contributed by atoms with Gasteiger partial charge in [-0.3, -0.25) is 4.98 Å². The van der Waals surface area contributed by atoms with Crippen molar-refractivity contribution in [3.05, 3.63) is 64.8 Å². The molecule has 2 aromatic carbocycles. The fourth-order valence-electron chi connectivity index (χ4n) is 3.67. The van der Waals surface area contributed by atoms with Gasteiger partial charge in [0.05, 0.1) is 24.1 Å². The molecule has 31 heavy (non-hydrogen) atoms. The molecule has 3 rings (SSSR count). The van der Waals surface area contributed by atoms with E-state index in [0.717, 1.165) is 22.8 Å². The van der Waals surface area contributed by atoms with Crippen LogP contribution in [0.25, 0.3) is 10.9 Å². The Morgan fingerprint density at radius 1 is 1.16 bits per heavy atom. The summed E-state index contributed by atoms with van der Waals surface area (Å²) in [6.07, 6.45) is -2.80. The second-order valence-corrected chi connectivity index (χ2v) is 8.94. The predicted molar refractivity (Wildman–Crippen MR) is 123 cm³/mol. The fourth-order valence-corrected chi connectivity index (χ4v) is 4.76. The Balaban J connectivity index is 2.22. The van der Waals surface area contributed by atoms with Crippen LogP contribution in [0.2, 0.25) is 5.02 Å². The van der Waals surface area contributed by atoms with E-state index in [4.69, 9.17) is 16.3 Å². The van der Waals surface area contributed by atoms with Crippen molar-refractivity contribution in [1.29, 1.82) is 0 Å². The summed E-state index contributed by atoms with van der Waals surface area (Å²) < 4.78 is 48.9. The average Bonchev–Trinajstić information content (AvgIpc) is 2.71. The van der Waals surface area contributed by atoms with Gasteiger partial charge in [0.1, 0.15) is 5.75 Å². The molecule has 3 nitrogen and oxygen atoms in total. The first kappa shape index (κ1) is 23.5. The molecule has 0 spiro atoms. The molecule has 0 saturated heterocycles. The lowest BCUT2D eigenvalue weighted by atomic mass is 9.78. The summed E-state index contributed by atoms with van der Waals surface area (Å²) in [5.41, 5.74) is 0.420. The Morgan fingerprint density at radius 2 is 1.90 bits per heavy atom. The van der Waals surface area contributed by atoms with Gasteiger partial charge in [-0.25, -0.2) is 0 Å². The van der Waals surface area contributed by atoms with Gasteiger partial charge in [0.25, 0.3) is 0 Å². The van der Waals surface area contributed by atoms with Gasteiger partial charge in [0, 0.05) is 33.1 Å². The molecule has 0 fully saturated rings. The van der Waals surface area contributed by atoms with E-state index < -0.39 is 17.6 Å². The van der Waals surface area contributed by atoms with Crippen molar-refractivity contribution in [2.24, 2.45) is 5.41 Å². The lowest BCUT2D eigenvalue weighted by molar-refractivity contribution is -0.215. The SMILES string of the molecule is COc1cc(Cl)ccc1C(Nc1cccc2nc(C)ccc12)C(C)(CSC)C(F)(F)F. The summed E-state index contributed by atoms with van der Waals surface area (Å²) in [6, 6.07) is 12.7. The molecule has 0 bridgehead atoms. The Bertz CT molecular complexity index is 1080. The van der Waals surface area contributed by atoms with Gasteiger partial charge in [-0.2, -0.15) is 24.9 Å². The first-order valence-electron chi connectivity index (χ1n) is 9.62. The van der Waals surface area contributed by atoms with Gasteiger partial charge in [0.15, 0.2) is 0 Å². The van der Waals surface area contributed by atoms with E-state index >= 15 is 0 Å². The third kappa shape index (κ3) is 4.72. The molecule has 166 valence electrons. The third-order valence-electron chi connectivity index (χ3n) is 5.41. The summed E-state index contributed by atoms with van der Waals surface area (Å²) in [7, 11) is 1.43. The van der Waals surface area contributed by atoms with E-state index in [-0.39, 0.29) is 5.75 Å². The topological polar surface area (TPSA) is 34.1 Å². The highest BCUT2D eigenvalue weighted by atomic mass is 35.5. The third-order valence-corrected chi connectivity index (χ3v) is 6.53. The molecule has 2 unspecified atom stereocenters. The van der Waals surface area contributed by atoms with Crippen molar-refractivity contribution in [1.82, 2.24) is 4.98 Å². The molecule has 0 aliphatic carbocycles. The second kappa shape index (κ2) is 9.17. The molecule has 2 atom stereocenters. The number of hydrogen-bond donors (Lipinski definition) is 1. The monoisotopic (exact) mass is 468 g/mol. The lowest BCUT2D eigenvalue weighted by Gasteiger charge is -2.40. The van der Waals surface area contributed by atoms with Gasteiger partial charge in [-0.05, 0) is 56.5 Å². The second-order valence-electron chi connectivity index (χ2n) is 7.64. The van der Waals surface area contributed by atoms with E-state index in [1.54, 1.807) is 30.5 Å². The zero-order valence-corrected chi connectivity index (χ0v) is 19.3. The van der Waals surface area contributed by atoms with Gasteiger partial charge < -0.3 is 10.1 Å². The number of halogens is 4. The number of thioether (sulfide) groups is 1. The maximum atomic E-state index is 14.5. The number of rotatable bonds is 7. The number of fused-ring (bicyclic) bond motifs is 1. The summed E-state index contributed by atoms with van der Waals surface area (Å²) in [6.45, 7) is 3.11. The van der Waals surface area contributed by atoms with Crippen LogP contribution in [0.1, 0.15) is 24.2 Å². The van der Waals surface area contributed by atoms with E-state index in [9.17, 15) is 13.2 Å². The number of aromatic nitrogens is 1. The molecule has 0 aliphatic heterocycles. The number of benzene rings is 2. The molecule has 0 amide bonds. The zero-order chi connectivity index (χ0) is 22.8. The summed E-state index contributed by atoms with van der Waals surface area (Å²) in [5.74, 6) is 0.165. The fraction of sp³-hybridized carbons (Fsp3) is 0.348. The molecule has 0 radical (unpaired) electrons. The number of methoxy groups -OCH3 is 1. The van der Waals surface area contributed by atoms with Crippen molar-refractivity contribution >= 4 is 40.0 Å². The highest BCUT2D eigenvalue weighted by Gasteiger charge is 2.56. The largest absolute Gasteiger partial charge is 0.496 e. The van der Waals surface area contributed by atoms with Crippen LogP contribution in [0.4, 0.5) is 18.9 Å². The molecule has 8 heteroatoms. The van der Waals surface area contributed by atoms with Crippen LogP contribution < -0.4 is 10.1 Å². The number of nitrogens with one attached hydrogen (secondary N) is 1. The highest BCUT2D eigenvalue weighted by molar-refractivity contribution is 7.98. The van der Waals surface area contributed by atoms with Crippen molar-refractivity contribution < 1.29 is 17.9 Å². The summed E-state index contributed by atoms with van der Waals surface area (Å²) in [5, 5.41) is 4.33. The van der Waals surface area contributed by atoms with Crippen LogP contribution in [-0.2, 0) is 0 Å². The summed E-state index contributed by atoms with van der Waals surface area (Å²) >= 11 is 7.24. The number of anilines is 1. The van der Waals surface area contributed by atoms with E-state index in [0.29, 0.717) is 27.5 Å². The van der Waals surface area contributed by atoms with Crippen LogP contribution in [0.15, 0.2) is 48.5 Å². The minimum absolute atomic E-state index is 0.137. The van der Waals surface area contributed by atoms with Gasteiger partial charge in [0.2, 0.25) is 0 Å². The van der Waals surface area contributed by atoms with Gasteiger partial charge >= 0.3 is 6.18 Å². The number of pyridine rings is 1. The minimum Gasteiger partial charge on any atom is -0.496 e. The molecule has 0 saturated carbocycles. The number of alkyl halides is 3. The van der Waals surface area contributed by atoms with E-state index in [1.165, 1.54) is 20.1 Å². The number of aryl methyl sites for hydroxylation is 1. The standard InChI is InChI=1S/C23H24ClF3N2OS/c1-14-8-10-16-18(28-14)6-5-7-19(16)29-21(22(2,13-31-4)23(25,26)27)17-11-9-15(24)12-20(17)30-3/h5-12,21,29H,13H2,1-4H3. The lowest BCUT2D eigenvalue weighted by Crippen LogP contribution is -2.45. The first-order valence-corrected chi connectivity index (χ1v) is 11.4. The van der Waals surface area contributed by atoms with Crippen molar-refractivity contribution in [3.63, 3.8) is 0 Å². The predicted octanol–water partition coefficient (Wildman–Crippen LogP) is 7.29. The molecule has 0 aliphatic rings. The average molecular weight is 469 g/mol. The van der Waals surface area contributed by atoms with Crippen LogP contribution in [-0.4, -0.2) is 30.3 Å². The normalized spacial score (nSPS) is 14.8. The molecule has 1 heterocycles. The van der Waals surface area contributed by atoms with E-state index in [2.05, 4.69) is 10.3 Å². The molecule has 1 aromatic heterocycles.